The summed E-state index contributed by atoms with van der Waals surface area (Å²) >= 11 is 0. The maximum absolute atomic E-state index is 10.5. The predicted octanol–water partition coefficient (Wildman–Crippen LogP) is 1.85. The lowest BCUT2D eigenvalue weighted by molar-refractivity contribution is -0.134. The summed E-state index contributed by atoms with van der Waals surface area (Å²) in [5.41, 5.74) is 0. The van der Waals surface area contributed by atoms with Gasteiger partial charge in [-0.3, -0.25) is 4.79 Å². The number of anilines is 2. The van der Waals surface area contributed by atoms with Crippen molar-refractivity contribution >= 4 is 17.6 Å². The third-order valence-corrected chi connectivity index (χ3v) is 2.74. The normalized spacial score (nSPS) is 10.5. The van der Waals surface area contributed by atoms with Crippen molar-refractivity contribution in [3.05, 3.63) is 12.4 Å². The van der Waals surface area contributed by atoms with Gasteiger partial charge in [-0.1, -0.05) is 13.8 Å². The zero-order valence-corrected chi connectivity index (χ0v) is 11.8. The number of aliphatic carboxylic acids is 1. The molecule has 0 aliphatic carbocycles. The molecule has 0 bridgehead atoms. The molecule has 0 fully saturated rings. The van der Waals surface area contributed by atoms with Crippen LogP contribution >= 0.6 is 0 Å². The van der Waals surface area contributed by atoms with Crippen molar-refractivity contribution < 1.29 is 9.90 Å². The summed E-state index contributed by atoms with van der Waals surface area (Å²) in [6.45, 7) is 5.19. The molecule has 1 aromatic rings. The number of rotatable bonds is 8. The molecule has 1 aromatic heterocycles. The molecule has 0 saturated carbocycles. The molecule has 0 atom stereocenters. The summed E-state index contributed by atoms with van der Waals surface area (Å²) in [5.74, 6) is 1.12. The number of carbonyl (C=O) groups is 1. The first-order valence-corrected chi connectivity index (χ1v) is 6.48. The molecule has 0 unspecified atom stereocenters. The standard InChI is InChI=1S/C13H22N4O2/c1-10(2)5-4-6-17(3)12-7-11(15-9-16-12)14-8-13(18)19/h7,9-10H,4-6,8H2,1-3H3,(H,18,19)(H,14,15,16). The molecule has 0 aliphatic rings. The van der Waals surface area contributed by atoms with E-state index >= 15 is 0 Å². The van der Waals surface area contributed by atoms with Crippen LogP contribution in [0.15, 0.2) is 12.4 Å². The maximum Gasteiger partial charge on any atom is 0.322 e. The zero-order valence-electron chi connectivity index (χ0n) is 11.8. The quantitative estimate of drug-likeness (QED) is 0.747. The van der Waals surface area contributed by atoms with Crippen LogP contribution in [-0.2, 0) is 4.79 Å². The molecule has 1 heterocycles. The van der Waals surface area contributed by atoms with E-state index in [1.165, 1.54) is 12.7 Å². The average Bonchev–Trinajstić information content (AvgIpc) is 2.36. The third kappa shape index (κ3) is 6.03. The van der Waals surface area contributed by atoms with Gasteiger partial charge in [0.1, 0.15) is 24.5 Å². The van der Waals surface area contributed by atoms with Gasteiger partial charge in [0.05, 0.1) is 0 Å². The van der Waals surface area contributed by atoms with Crippen LogP contribution in [-0.4, -0.2) is 41.2 Å². The van der Waals surface area contributed by atoms with Crippen molar-refractivity contribution in [2.75, 3.05) is 30.4 Å². The van der Waals surface area contributed by atoms with E-state index < -0.39 is 5.97 Å². The second-order valence-electron chi connectivity index (χ2n) is 4.97. The minimum atomic E-state index is -0.912. The monoisotopic (exact) mass is 266 g/mol. The molecule has 6 nitrogen and oxygen atoms in total. The van der Waals surface area contributed by atoms with Gasteiger partial charge < -0.3 is 15.3 Å². The van der Waals surface area contributed by atoms with Gasteiger partial charge in [0.15, 0.2) is 0 Å². The van der Waals surface area contributed by atoms with Crippen molar-refractivity contribution in [1.82, 2.24) is 9.97 Å². The highest BCUT2D eigenvalue weighted by atomic mass is 16.4. The van der Waals surface area contributed by atoms with Gasteiger partial charge in [-0.05, 0) is 18.8 Å². The third-order valence-electron chi connectivity index (χ3n) is 2.74. The van der Waals surface area contributed by atoms with Crippen molar-refractivity contribution in [1.29, 1.82) is 0 Å². The fourth-order valence-corrected chi connectivity index (χ4v) is 1.67. The van der Waals surface area contributed by atoms with Gasteiger partial charge in [0, 0.05) is 19.7 Å². The molecule has 0 radical (unpaired) electrons. The highest BCUT2D eigenvalue weighted by molar-refractivity contribution is 5.72. The van der Waals surface area contributed by atoms with Gasteiger partial charge in [-0.15, -0.1) is 0 Å². The molecule has 1 rings (SSSR count). The van der Waals surface area contributed by atoms with Crippen molar-refractivity contribution in [3.63, 3.8) is 0 Å². The number of carboxylic acids is 1. The minimum absolute atomic E-state index is 0.145. The van der Waals surface area contributed by atoms with E-state index in [0.717, 1.165) is 18.8 Å². The molecule has 0 aromatic carbocycles. The van der Waals surface area contributed by atoms with E-state index in [9.17, 15) is 4.79 Å². The number of hydrogen-bond acceptors (Lipinski definition) is 5. The zero-order chi connectivity index (χ0) is 14.3. The lowest BCUT2D eigenvalue weighted by Gasteiger charge is -2.19. The minimum Gasteiger partial charge on any atom is -0.480 e. The van der Waals surface area contributed by atoms with Gasteiger partial charge in [0.2, 0.25) is 0 Å². The van der Waals surface area contributed by atoms with Crippen LogP contribution in [0.4, 0.5) is 11.6 Å². The summed E-state index contributed by atoms with van der Waals surface area (Å²) in [6, 6.07) is 1.76. The Labute approximate surface area is 113 Å². The van der Waals surface area contributed by atoms with Crippen LogP contribution in [0.3, 0.4) is 0 Å². The lowest BCUT2D eigenvalue weighted by Crippen LogP contribution is -2.21. The highest BCUT2D eigenvalue weighted by Gasteiger charge is 2.05. The Morgan fingerprint density at radius 1 is 1.47 bits per heavy atom. The Hall–Kier alpha value is -1.85. The lowest BCUT2D eigenvalue weighted by atomic mass is 10.1. The van der Waals surface area contributed by atoms with E-state index in [2.05, 4.69) is 34.0 Å². The number of hydrogen-bond donors (Lipinski definition) is 2. The Balaban J connectivity index is 2.52. The molecule has 106 valence electrons. The topological polar surface area (TPSA) is 78.4 Å². The molecule has 0 saturated heterocycles. The average molecular weight is 266 g/mol. The molecular formula is C13H22N4O2. The number of nitrogens with one attached hydrogen (secondary N) is 1. The first-order chi connectivity index (χ1) is 8.99. The Bertz CT molecular complexity index is 409. The molecule has 0 spiro atoms. The van der Waals surface area contributed by atoms with Gasteiger partial charge in [-0.25, -0.2) is 9.97 Å². The van der Waals surface area contributed by atoms with Crippen molar-refractivity contribution in [2.24, 2.45) is 5.92 Å². The van der Waals surface area contributed by atoms with Gasteiger partial charge in [-0.2, -0.15) is 0 Å². The molecule has 0 amide bonds. The van der Waals surface area contributed by atoms with E-state index in [-0.39, 0.29) is 6.54 Å². The Kier molecular flexibility index (Phi) is 6.05. The maximum atomic E-state index is 10.5. The second kappa shape index (κ2) is 7.56. The smallest absolute Gasteiger partial charge is 0.322 e. The van der Waals surface area contributed by atoms with Crippen LogP contribution < -0.4 is 10.2 Å². The van der Waals surface area contributed by atoms with Crippen LogP contribution in [0, 0.1) is 5.92 Å². The highest BCUT2D eigenvalue weighted by Crippen LogP contribution is 2.14. The van der Waals surface area contributed by atoms with E-state index in [1.807, 2.05) is 7.05 Å². The summed E-state index contributed by atoms with van der Waals surface area (Å²) in [5, 5.41) is 11.3. The first-order valence-electron chi connectivity index (χ1n) is 6.48. The summed E-state index contributed by atoms with van der Waals surface area (Å²) < 4.78 is 0. The van der Waals surface area contributed by atoms with E-state index in [4.69, 9.17) is 5.11 Å². The second-order valence-corrected chi connectivity index (χ2v) is 4.97. The van der Waals surface area contributed by atoms with Crippen LogP contribution in [0.5, 0.6) is 0 Å². The molecule has 6 heteroatoms. The largest absolute Gasteiger partial charge is 0.480 e. The summed E-state index contributed by atoms with van der Waals surface area (Å²) in [7, 11) is 1.98. The van der Waals surface area contributed by atoms with Gasteiger partial charge in [0.25, 0.3) is 0 Å². The molecule has 0 aliphatic heterocycles. The van der Waals surface area contributed by atoms with Crippen molar-refractivity contribution in [3.8, 4) is 0 Å². The van der Waals surface area contributed by atoms with Crippen LogP contribution in [0.2, 0.25) is 0 Å². The first kappa shape index (κ1) is 15.2. The Morgan fingerprint density at radius 3 is 2.84 bits per heavy atom. The fraction of sp³-hybridized carbons (Fsp3) is 0.615. The van der Waals surface area contributed by atoms with Gasteiger partial charge >= 0.3 is 5.97 Å². The molecule has 2 N–H and O–H groups in total. The number of nitrogens with zero attached hydrogens (tertiary/aromatic N) is 3. The van der Waals surface area contributed by atoms with Crippen LogP contribution in [0.1, 0.15) is 26.7 Å². The summed E-state index contributed by atoms with van der Waals surface area (Å²) in [6.07, 6.45) is 3.73. The van der Waals surface area contributed by atoms with Crippen molar-refractivity contribution in [2.45, 2.75) is 26.7 Å². The molecular weight excluding hydrogens is 244 g/mol. The Morgan fingerprint density at radius 2 is 2.21 bits per heavy atom. The SMILES string of the molecule is CC(C)CCCN(C)c1cc(NCC(=O)O)ncn1. The fourth-order valence-electron chi connectivity index (χ4n) is 1.67. The number of aromatic nitrogens is 2. The van der Waals surface area contributed by atoms with E-state index in [0.29, 0.717) is 11.7 Å². The predicted molar refractivity (Wildman–Crippen MR) is 75.5 cm³/mol. The van der Waals surface area contributed by atoms with Crippen LogP contribution in [0.25, 0.3) is 0 Å². The number of carboxylic acid groups (broad SMARTS) is 1. The molecule has 19 heavy (non-hydrogen) atoms. The van der Waals surface area contributed by atoms with E-state index in [1.54, 1.807) is 6.07 Å². The summed E-state index contributed by atoms with van der Waals surface area (Å²) in [4.78, 5) is 20.7.